The van der Waals surface area contributed by atoms with E-state index in [0.29, 0.717) is 17.8 Å². The molecule has 0 heterocycles. The van der Waals surface area contributed by atoms with Crippen LogP contribution in [0.4, 0.5) is 11.4 Å². The van der Waals surface area contributed by atoms with Crippen LogP contribution in [0.15, 0.2) is 29.4 Å². The van der Waals surface area contributed by atoms with Crippen LogP contribution >= 0.6 is 7.60 Å². The van der Waals surface area contributed by atoms with Gasteiger partial charge in [0.1, 0.15) is 0 Å². The predicted octanol–water partition coefficient (Wildman–Crippen LogP) is 4.04. The lowest BCUT2D eigenvalue weighted by molar-refractivity contribution is -0.384. The molecule has 0 amide bonds. The second kappa shape index (κ2) is 7.68. The van der Waals surface area contributed by atoms with Crippen LogP contribution in [0, 0.1) is 10.1 Å². The van der Waals surface area contributed by atoms with Gasteiger partial charge in [0.15, 0.2) is 0 Å². The Labute approximate surface area is 135 Å². The number of nitro groups is 1. The van der Waals surface area contributed by atoms with Gasteiger partial charge in [-0.25, -0.2) is 0 Å². The van der Waals surface area contributed by atoms with Crippen molar-refractivity contribution in [1.82, 2.24) is 0 Å². The van der Waals surface area contributed by atoms with Crippen molar-refractivity contribution in [3.05, 3.63) is 34.4 Å². The number of nitro benzene ring substituents is 1. The lowest BCUT2D eigenvalue weighted by atomic mass is 10.1. The number of rotatable bonds is 8. The molecule has 9 heteroatoms. The highest BCUT2D eigenvalue weighted by molar-refractivity contribution is 7.55. The first-order valence-corrected chi connectivity index (χ1v) is 8.44. The van der Waals surface area contributed by atoms with Crippen LogP contribution in [-0.2, 0) is 13.6 Å². The van der Waals surface area contributed by atoms with E-state index in [2.05, 4.69) is 10.5 Å². The van der Waals surface area contributed by atoms with Gasteiger partial charge in [0.05, 0.1) is 15.8 Å². The van der Waals surface area contributed by atoms with E-state index in [4.69, 9.17) is 9.05 Å². The fraction of sp³-hybridized carbons (Fsp3) is 0.500. The van der Waals surface area contributed by atoms with Gasteiger partial charge in [-0.15, -0.1) is 0 Å². The van der Waals surface area contributed by atoms with Gasteiger partial charge in [0.2, 0.25) is 0 Å². The molecular formula is C14H22N3O5P. The van der Waals surface area contributed by atoms with Crippen molar-refractivity contribution in [2.24, 2.45) is 5.10 Å². The monoisotopic (exact) mass is 343 g/mol. The molecule has 0 saturated carbocycles. The molecule has 0 fully saturated rings. The third-order valence-corrected chi connectivity index (χ3v) is 5.97. The Balaban J connectivity index is 2.77. The van der Waals surface area contributed by atoms with Gasteiger partial charge in [0.25, 0.3) is 5.69 Å². The Hall–Kier alpha value is -1.76. The molecule has 128 valence electrons. The van der Waals surface area contributed by atoms with Crippen molar-refractivity contribution in [3.8, 4) is 0 Å². The van der Waals surface area contributed by atoms with Gasteiger partial charge < -0.3 is 9.05 Å². The van der Waals surface area contributed by atoms with Crippen LogP contribution in [0.2, 0.25) is 0 Å². The van der Waals surface area contributed by atoms with Crippen LogP contribution in [0.3, 0.4) is 0 Å². The van der Waals surface area contributed by atoms with E-state index in [1.54, 1.807) is 32.9 Å². The number of nitrogens with one attached hydrogen (secondary N) is 1. The van der Waals surface area contributed by atoms with Crippen LogP contribution in [0.5, 0.6) is 0 Å². The van der Waals surface area contributed by atoms with Gasteiger partial charge in [-0.05, 0) is 32.9 Å². The second-order valence-corrected chi connectivity index (χ2v) is 8.55. The lowest BCUT2D eigenvalue weighted by Crippen LogP contribution is -2.25. The summed E-state index contributed by atoms with van der Waals surface area (Å²) in [5.74, 6) is 0. The summed E-state index contributed by atoms with van der Waals surface area (Å²) in [5, 5.41) is 14.1. The molecule has 0 aliphatic heterocycles. The minimum Gasteiger partial charge on any atom is -0.312 e. The summed E-state index contributed by atoms with van der Waals surface area (Å²) < 4.78 is 22.6. The molecule has 1 aromatic carbocycles. The van der Waals surface area contributed by atoms with E-state index in [1.807, 2.05) is 0 Å². The highest BCUT2D eigenvalue weighted by atomic mass is 31.2. The van der Waals surface area contributed by atoms with Crippen LogP contribution in [0.25, 0.3) is 0 Å². The zero-order valence-electron chi connectivity index (χ0n) is 13.9. The molecule has 0 aromatic heterocycles. The fourth-order valence-corrected chi connectivity index (χ4v) is 3.71. The Morgan fingerprint density at radius 2 is 1.83 bits per heavy atom. The summed E-state index contributed by atoms with van der Waals surface area (Å²) >= 11 is 0. The summed E-state index contributed by atoms with van der Waals surface area (Å²) in [6.45, 7) is 5.35. The molecule has 23 heavy (non-hydrogen) atoms. The fourth-order valence-electron chi connectivity index (χ4n) is 2.15. The smallest absolute Gasteiger partial charge is 0.312 e. The van der Waals surface area contributed by atoms with Gasteiger partial charge >= 0.3 is 7.60 Å². The van der Waals surface area contributed by atoms with Crippen LogP contribution in [0.1, 0.15) is 27.2 Å². The van der Waals surface area contributed by atoms with Crippen molar-refractivity contribution in [2.45, 2.75) is 32.3 Å². The Morgan fingerprint density at radius 1 is 1.30 bits per heavy atom. The Bertz CT molecular complexity index is 620. The van der Waals surface area contributed by atoms with Crippen molar-refractivity contribution in [1.29, 1.82) is 0 Å². The van der Waals surface area contributed by atoms with E-state index < -0.39 is 17.7 Å². The zero-order chi connectivity index (χ0) is 17.7. The predicted molar refractivity (Wildman–Crippen MR) is 90.1 cm³/mol. The molecule has 1 N–H and O–H groups in total. The summed E-state index contributed by atoms with van der Waals surface area (Å²) in [7, 11) is -0.525. The van der Waals surface area contributed by atoms with Crippen molar-refractivity contribution >= 4 is 24.7 Å². The molecule has 0 bridgehead atoms. The van der Waals surface area contributed by atoms with Crippen molar-refractivity contribution in [3.63, 3.8) is 0 Å². The number of hydrogen-bond donors (Lipinski definition) is 1. The van der Waals surface area contributed by atoms with Crippen molar-refractivity contribution in [2.75, 3.05) is 19.6 Å². The van der Waals surface area contributed by atoms with E-state index >= 15 is 0 Å². The number of hydrazone groups is 1. The average Bonchev–Trinajstić information content (AvgIpc) is 2.51. The number of benzene rings is 1. The number of anilines is 1. The maximum Gasteiger partial charge on any atom is 0.336 e. The quantitative estimate of drug-likeness (QED) is 0.331. The van der Waals surface area contributed by atoms with Gasteiger partial charge in [-0.1, -0.05) is 0 Å². The standard InChI is InChI=1S/C14H22N3O5P/c1-11(10-14(2,3)23(20,21-4)22-5)15-16-12-6-8-13(9-7-12)17(18)19/h6-9,16H,10H2,1-5H3/b15-11-. The number of hydrogen-bond acceptors (Lipinski definition) is 7. The second-order valence-electron chi connectivity index (χ2n) is 5.61. The summed E-state index contributed by atoms with van der Waals surface area (Å²) in [4.78, 5) is 10.1. The lowest BCUT2D eigenvalue weighted by Gasteiger charge is -2.30. The molecule has 0 unspecified atom stereocenters. The summed E-state index contributed by atoms with van der Waals surface area (Å²) in [6.07, 6.45) is 0.395. The molecular weight excluding hydrogens is 321 g/mol. The van der Waals surface area contributed by atoms with E-state index in [0.717, 1.165) is 0 Å². The van der Waals surface area contributed by atoms with Crippen LogP contribution in [-0.4, -0.2) is 30.0 Å². The van der Waals surface area contributed by atoms with E-state index in [9.17, 15) is 14.7 Å². The minimum atomic E-state index is -3.23. The Morgan fingerprint density at radius 3 is 2.26 bits per heavy atom. The number of non-ortho nitro benzene ring substituents is 1. The van der Waals surface area contributed by atoms with Gasteiger partial charge in [-0.2, -0.15) is 5.10 Å². The average molecular weight is 343 g/mol. The number of nitrogens with zero attached hydrogens (tertiary/aromatic N) is 2. The largest absolute Gasteiger partial charge is 0.336 e. The SMILES string of the molecule is COP(=O)(OC)C(C)(C)C/C(C)=N\Nc1ccc([N+](=O)[O-])cc1. The first-order chi connectivity index (χ1) is 10.6. The third-order valence-electron chi connectivity index (χ3n) is 3.36. The topological polar surface area (TPSA) is 103 Å². The first-order valence-electron chi connectivity index (χ1n) is 6.90. The summed E-state index contributed by atoms with van der Waals surface area (Å²) in [6, 6.07) is 5.91. The molecule has 0 saturated heterocycles. The minimum absolute atomic E-state index is 0.0125. The van der Waals surface area contributed by atoms with Gasteiger partial charge in [-0.3, -0.25) is 20.1 Å². The maximum absolute atomic E-state index is 12.5. The molecule has 8 nitrogen and oxygen atoms in total. The molecule has 0 atom stereocenters. The third kappa shape index (κ3) is 4.86. The molecule has 1 aromatic rings. The Kier molecular flexibility index (Phi) is 6.44. The molecule has 0 radical (unpaired) electrons. The summed E-state index contributed by atoms with van der Waals surface area (Å²) in [5.41, 5.74) is 4.14. The normalized spacial score (nSPS) is 13.0. The van der Waals surface area contributed by atoms with Gasteiger partial charge in [0, 0.05) is 38.5 Å². The van der Waals surface area contributed by atoms with E-state index in [-0.39, 0.29) is 5.69 Å². The maximum atomic E-state index is 12.5. The highest BCUT2D eigenvalue weighted by Crippen LogP contribution is 2.60. The molecule has 1 rings (SSSR count). The molecule has 0 spiro atoms. The zero-order valence-corrected chi connectivity index (χ0v) is 14.8. The van der Waals surface area contributed by atoms with Crippen LogP contribution < -0.4 is 5.43 Å². The molecule has 0 aliphatic carbocycles. The van der Waals surface area contributed by atoms with E-state index in [1.165, 1.54) is 26.4 Å². The first kappa shape index (κ1) is 19.3. The van der Waals surface area contributed by atoms with Crippen molar-refractivity contribution < 1.29 is 18.5 Å². The molecule has 0 aliphatic rings. The highest BCUT2D eigenvalue weighted by Gasteiger charge is 2.42.